The highest BCUT2D eigenvalue weighted by atomic mass is 19.1. The number of alkyl halides is 2. The van der Waals surface area contributed by atoms with Gasteiger partial charge in [0.05, 0.1) is 36.7 Å². The molecule has 0 aromatic heterocycles. The van der Waals surface area contributed by atoms with E-state index in [1.807, 2.05) is 0 Å². The maximum atomic E-state index is 12.8. The fourth-order valence-corrected chi connectivity index (χ4v) is 3.98. The molecule has 0 radical (unpaired) electrons. The molecule has 1 aliphatic carbocycles. The lowest BCUT2D eigenvalue weighted by molar-refractivity contribution is -0.194. The summed E-state index contributed by atoms with van der Waals surface area (Å²) in [6.07, 6.45) is 2.67. The molecule has 17 heavy (non-hydrogen) atoms. The molecule has 3 rings (SSSR count). The number of halogens is 2. The molecule has 0 aromatic carbocycles. The highest BCUT2D eigenvalue weighted by Crippen LogP contribution is 2.59. The Morgan fingerprint density at radius 2 is 1.88 bits per heavy atom. The van der Waals surface area contributed by atoms with Crippen molar-refractivity contribution in [3.63, 3.8) is 0 Å². The molecule has 0 amide bonds. The number of aliphatic hydroxyl groups is 1. The molecule has 2 aliphatic heterocycles. The molecule has 3 unspecified atom stereocenters. The number of hydrogen-bond acceptors (Lipinski definition) is 3. The molecule has 3 aliphatic rings. The van der Waals surface area contributed by atoms with E-state index in [1.54, 1.807) is 0 Å². The average molecular weight is 247 g/mol. The minimum Gasteiger partial charge on any atom is -0.388 e. The van der Waals surface area contributed by atoms with Gasteiger partial charge in [-0.1, -0.05) is 0 Å². The Morgan fingerprint density at radius 1 is 1.24 bits per heavy atom. The van der Waals surface area contributed by atoms with Gasteiger partial charge in [-0.25, -0.2) is 0 Å². The van der Waals surface area contributed by atoms with Crippen LogP contribution in [-0.2, 0) is 4.74 Å². The van der Waals surface area contributed by atoms with E-state index >= 15 is 0 Å². The van der Waals surface area contributed by atoms with E-state index in [-0.39, 0.29) is 25.0 Å². The van der Waals surface area contributed by atoms with Crippen LogP contribution < -0.4 is 5.73 Å². The molecule has 0 aromatic rings. The SMILES string of the molecule is NC1(C2(O)CC(CF)(CF)C2)CC2CCC1O2. The minimum absolute atomic E-state index is 0.121. The fraction of sp³-hybridized carbons (Fsp3) is 1.00. The molecule has 98 valence electrons. The first-order chi connectivity index (χ1) is 7.97. The van der Waals surface area contributed by atoms with Gasteiger partial charge in [-0.05, 0) is 32.1 Å². The predicted octanol–water partition coefficient (Wildman–Crippen LogP) is 1.09. The molecule has 3 fully saturated rings. The van der Waals surface area contributed by atoms with Gasteiger partial charge in [0.25, 0.3) is 0 Å². The van der Waals surface area contributed by atoms with Gasteiger partial charge in [-0.2, -0.15) is 0 Å². The maximum Gasteiger partial charge on any atom is 0.0977 e. The molecule has 5 heteroatoms. The van der Waals surface area contributed by atoms with Gasteiger partial charge in [0.1, 0.15) is 0 Å². The smallest absolute Gasteiger partial charge is 0.0977 e. The Morgan fingerprint density at radius 3 is 2.29 bits per heavy atom. The summed E-state index contributed by atoms with van der Waals surface area (Å²) in [6.45, 7) is -1.45. The largest absolute Gasteiger partial charge is 0.388 e. The van der Waals surface area contributed by atoms with Crippen LogP contribution in [0.15, 0.2) is 0 Å². The van der Waals surface area contributed by atoms with Crippen molar-refractivity contribution in [3.8, 4) is 0 Å². The van der Waals surface area contributed by atoms with Gasteiger partial charge in [0.15, 0.2) is 0 Å². The third-order valence-electron chi connectivity index (χ3n) is 5.02. The zero-order valence-electron chi connectivity index (χ0n) is 9.79. The monoisotopic (exact) mass is 247 g/mol. The molecule has 2 saturated heterocycles. The summed E-state index contributed by atoms with van der Waals surface area (Å²) in [4.78, 5) is 0. The van der Waals surface area contributed by atoms with Crippen molar-refractivity contribution in [3.05, 3.63) is 0 Å². The van der Waals surface area contributed by atoms with Gasteiger partial charge in [0.2, 0.25) is 0 Å². The number of nitrogens with two attached hydrogens (primary N) is 1. The normalized spacial score (nSPS) is 45.9. The lowest BCUT2D eigenvalue weighted by Gasteiger charge is -2.59. The first-order valence-corrected chi connectivity index (χ1v) is 6.26. The number of ether oxygens (including phenoxy) is 1. The lowest BCUT2D eigenvalue weighted by Crippen LogP contribution is -2.73. The van der Waals surface area contributed by atoms with Crippen LogP contribution in [0.5, 0.6) is 0 Å². The van der Waals surface area contributed by atoms with E-state index < -0.39 is 29.9 Å². The molecule has 0 spiro atoms. The molecule has 3 atom stereocenters. The van der Waals surface area contributed by atoms with Crippen LogP contribution in [-0.4, -0.2) is 41.8 Å². The van der Waals surface area contributed by atoms with Crippen molar-refractivity contribution in [1.29, 1.82) is 0 Å². The molecular formula is C12H19F2NO2. The summed E-state index contributed by atoms with van der Waals surface area (Å²) in [5, 5.41) is 10.6. The number of hydrogen-bond donors (Lipinski definition) is 2. The van der Waals surface area contributed by atoms with Crippen LogP contribution >= 0.6 is 0 Å². The molecule has 3 N–H and O–H groups in total. The van der Waals surface area contributed by atoms with Crippen molar-refractivity contribution >= 4 is 0 Å². The molecule has 2 bridgehead atoms. The Hall–Kier alpha value is -0.260. The van der Waals surface area contributed by atoms with Crippen LogP contribution in [0.1, 0.15) is 32.1 Å². The summed E-state index contributed by atoms with van der Waals surface area (Å²) in [7, 11) is 0. The first kappa shape index (κ1) is 11.8. The molecule has 1 saturated carbocycles. The van der Waals surface area contributed by atoms with E-state index in [4.69, 9.17) is 10.5 Å². The van der Waals surface area contributed by atoms with Gasteiger partial charge < -0.3 is 15.6 Å². The van der Waals surface area contributed by atoms with E-state index in [0.717, 1.165) is 12.8 Å². The Balaban J connectivity index is 1.78. The summed E-state index contributed by atoms with van der Waals surface area (Å²) in [5.74, 6) is 0. The van der Waals surface area contributed by atoms with Crippen LogP contribution in [0, 0.1) is 5.41 Å². The van der Waals surface area contributed by atoms with Crippen molar-refractivity contribution in [2.24, 2.45) is 11.1 Å². The summed E-state index contributed by atoms with van der Waals surface area (Å²) in [6, 6.07) is 0. The second-order valence-electron chi connectivity index (χ2n) is 6.22. The molecular weight excluding hydrogens is 228 g/mol. The van der Waals surface area contributed by atoms with Gasteiger partial charge in [-0.3, -0.25) is 8.78 Å². The van der Waals surface area contributed by atoms with E-state index in [2.05, 4.69) is 0 Å². The van der Waals surface area contributed by atoms with E-state index in [9.17, 15) is 13.9 Å². The van der Waals surface area contributed by atoms with Gasteiger partial charge in [0, 0.05) is 5.41 Å². The minimum atomic E-state index is -1.15. The topological polar surface area (TPSA) is 55.5 Å². The van der Waals surface area contributed by atoms with Crippen LogP contribution in [0.3, 0.4) is 0 Å². The van der Waals surface area contributed by atoms with Crippen LogP contribution in [0.25, 0.3) is 0 Å². The second kappa shape index (κ2) is 3.39. The third-order valence-corrected chi connectivity index (χ3v) is 5.02. The lowest BCUT2D eigenvalue weighted by atomic mass is 9.51. The van der Waals surface area contributed by atoms with E-state index in [0.29, 0.717) is 6.42 Å². The van der Waals surface area contributed by atoms with Gasteiger partial charge >= 0.3 is 0 Å². The zero-order chi connectivity index (χ0) is 12.3. The molecule has 3 nitrogen and oxygen atoms in total. The highest BCUT2D eigenvalue weighted by Gasteiger charge is 2.68. The van der Waals surface area contributed by atoms with Crippen molar-refractivity contribution in [2.45, 2.75) is 55.5 Å². The quantitative estimate of drug-likeness (QED) is 0.785. The number of rotatable bonds is 3. The van der Waals surface area contributed by atoms with Crippen molar-refractivity contribution in [2.75, 3.05) is 13.3 Å². The zero-order valence-corrected chi connectivity index (χ0v) is 9.79. The fourth-order valence-electron chi connectivity index (χ4n) is 3.98. The van der Waals surface area contributed by atoms with Crippen molar-refractivity contribution < 1.29 is 18.6 Å². The third kappa shape index (κ3) is 1.36. The Kier molecular flexibility index (Phi) is 2.36. The van der Waals surface area contributed by atoms with E-state index in [1.165, 1.54) is 0 Å². The highest BCUT2D eigenvalue weighted by molar-refractivity contribution is 5.22. The summed E-state index contributed by atoms with van der Waals surface area (Å²) in [5.41, 5.74) is 3.35. The average Bonchev–Trinajstić information content (AvgIpc) is 2.84. The first-order valence-electron chi connectivity index (χ1n) is 6.26. The van der Waals surface area contributed by atoms with Crippen LogP contribution in [0.4, 0.5) is 8.78 Å². The standard InChI is InChI=1S/C12H19F2NO2/c13-6-10(7-14)4-11(16,5-10)12(15)3-8-1-2-9(12)17-8/h8-9,16H,1-7,15H2. The summed E-state index contributed by atoms with van der Waals surface area (Å²) >= 11 is 0. The van der Waals surface area contributed by atoms with Gasteiger partial charge in [-0.15, -0.1) is 0 Å². The van der Waals surface area contributed by atoms with Crippen LogP contribution in [0.2, 0.25) is 0 Å². The maximum absolute atomic E-state index is 12.8. The Labute approximate surface area is 99.3 Å². The second-order valence-corrected chi connectivity index (χ2v) is 6.22. The van der Waals surface area contributed by atoms with Crippen molar-refractivity contribution in [1.82, 2.24) is 0 Å². The number of fused-ring (bicyclic) bond motifs is 2. The Bertz CT molecular complexity index is 326. The predicted molar refractivity (Wildman–Crippen MR) is 58.0 cm³/mol. The molecule has 2 heterocycles. The summed E-state index contributed by atoms with van der Waals surface area (Å²) < 4.78 is 31.3.